The maximum atomic E-state index is 12.6. The Kier molecular flexibility index (Phi) is 33.6. The SMILES string of the molecule is CCCCCCCCCCCCC(=O)OC(CCCCCCCCCCC)OC(=O)CCCCCCCCCCCC. The number of carbonyl (C=O) groups is 2. The molecule has 4 nitrogen and oxygen atoms in total. The van der Waals surface area contributed by atoms with Crippen LogP contribution in [0.15, 0.2) is 0 Å². The van der Waals surface area contributed by atoms with Gasteiger partial charge in [-0.15, -0.1) is 0 Å². The first-order valence-electron chi connectivity index (χ1n) is 19.0. The minimum absolute atomic E-state index is 0.206. The van der Waals surface area contributed by atoms with Crippen LogP contribution in [-0.2, 0) is 19.1 Å². The van der Waals surface area contributed by atoms with Crippen molar-refractivity contribution in [1.29, 1.82) is 0 Å². The highest BCUT2D eigenvalue weighted by Crippen LogP contribution is 2.17. The molecule has 0 aliphatic rings. The molecule has 0 spiro atoms. The van der Waals surface area contributed by atoms with Gasteiger partial charge in [-0.2, -0.15) is 0 Å². The second kappa shape index (κ2) is 34.4. The molecule has 0 aromatic rings. The van der Waals surface area contributed by atoms with Crippen molar-refractivity contribution >= 4 is 11.9 Å². The maximum absolute atomic E-state index is 12.6. The summed E-state index contributed by atoms with van der Waals surface area (Å²) >= 11 is 0. The molecule has 0 rings (SSSR count). The van der Waals surface area contributed by atoms with E-state index < -0.39 is 6.29 Å². The monoisotopic (exact) mass is 595 g/mol. The molecule has 0 radical (unpaired) electrons. The average Bonchev–Trinajstić information content (AvgIpc) is 2.98. The fourth-order valence-corrected chi connectivity index (χ4v) is 5.69. The largest absolute Gasteiger partial charge is 0.425 e. The standard InChI is InChI=1S/C38H74O4/c1-4-7-10-13-16-19-22-24-27-30-33-36(39)41-38(35-32-29-26-21-18-15-12-9-6-3)42-37(40)34-31-28-25-23-20-17-14-11-8-5-2/h38H,4-35H2,1-3H3. The van der Waals surface area contributed by atoms with E-state index in [9.17, 15) is 9.59 Å². The van der Waals surface area contributed by atoms with Crippen LogP contribution in [0, 0.1) is 0 Å². The quantitative estimate of drug-likeness (QED) is 0.0422. The minimum Gasteiger partial charge on any atom is -0.425 e. The molecule has 0 atom stereocenters. The van der Waals surface area contributed by atoms with Crippen LogP contribution in [0.4, 0.5) is 0 Å². The molecular formula is C38H74O4. The van der Waals surface area contributed by atoms with Crippen LogP contribution in [0.1, 0.15) is 226 Å². The van der Waals surface area contributed by atoms with Gasteiger partial charge >= 0.3 is 11.9 Å². The molecule has 0 heterocycles. The predicted octanol–water partition coefficient (Wildman–Crippen LogP) is 12.9. The molecule has 0 amide bonds. The average molecular weight is 595 g/mol. The Morgan fingerprint density at radius 3 is 0.881 bits per heavy atom. The first-order chi connectivity index (χ1) is 20.6. The fraction of sp³-hybridized carbons (Fsp3) is 0.947. The van der Waals surface area contributed by atoms with Gasteiger partial charge < -0.3 is 9.47 Å². The van der Waals surface area contributed by atoms with E-state index in [2.05, 4.69) is 20.8 Å². The number of esters is 2. The summed E-state index contributed by atoms with van der Waals surface area (Å²) < 4.78 is 11.4. The number of rotatable bonds is 34. The maximum Gasteiger partial charge on any atom is 0.308 e. The minimum atomic E-state index is -0.708. The van der Waals surface area contributed by atoms with E-state index in [1.165, 1.54) is 148 Å². The first-order valence-corrected chi connectivity index (χ1v) is 19.0. The van der Waals surface area contributed by atoms with Gasteiger partial charge in [0.25, 0.3) is 0 Å². The molecule has 0 aliphatic carbocycles. The van der Waals surface area contributed by atoms with Crippen molar-refractivity contribution in [2.75, 3.05) is 0 Å². The second-order valence-electron chi connectivity index (χ2n) is 12.9. The van der Waals surface area contributed by atoms with Gasteiger partial charge in [-0.1, -0.05) is 188 Å². The molecule has 250 valence electrons. The molecule has 0 aromatic heterocycles. The van der Waals surface area contributed by atoms with Crippen LogP contribution in [-0.4, -0.2) is 18.2 Å². The number of hydrogen-bond acceptors (Lipinski definition) is 4. The Morgan fingerprint density at radius 2 is 0.595 bits per heavy atom. The van der Waals surface area contributed by atoms with Gasteiger partial charge in [-0.05, 0) is 19.3 Å². The normalized spacial score (nSPS) is 11.3. The molecule has 4 heteroatoms. The molecule has 0 bridgehead atoms. The van der Waals surface area contributed by atoms with E-state index >= 15 is 0 Å². The summed E-state index contributed by atoms with van der Waals surface area (Å²) in [6, 6.07) is 0. The molecule has 0 aliphatic heterocycles. The lowest BCUT2D eigenvalue weighted by Crippen LogP contribution is -2.24. The van der Waals surface area contributed by atoms with Crippen LogP contribution in [0.2, 0.25) is 0 Å². The zero-order valence-corrected chi connectivity index (χ0v) is 28.8. The van der Waals surface area contributed by atoms with Crippen LogP contribution in [0.3, 0.4) is 0 Å². The highest BCUT2D eigenvalue weighted by molar-refractivity contribution is 5.71. The van der Waals surface area contributed by atoms with Crippen molar-refractivity contribution in [3.63, 3.8) is 0 Å². The van der Waals surface area contributed by atoms with Gasteiger partial charge in [0.2, 0.25) is 6.29 Å². The smallest absolute Gasteiger partial charge is 0.308 e. The third kappa shape index (κ3) is 31.9. The Labute approximate surface area is 263 Å². The lowest BCUT2D eigenvalue weighted by molar-refractivity contribution is -0.189. The van der Waals surface area contributed by atoms with Gasteiger partial charge in [0, 0.05) is 19.3 Å². The summed E-state index contributed by atoms with van der Waals surface area (Å²) in [7, 11) is 0. The van der Waals surface area contributed by atoms with Gasteiger partial charge in [0.05, 0.1) is 0 Å². The van der Waals surface area contributed by atoms with Crippen molar-refractivity contribution in [2.45, 2.75) is 233 Å². The van der Waals surface area contributed by atoms with Gasteiger partial charge in [0.15, 0.2) is 0 Å². The Bertz CT molecular complexity index is 523. The van der Waals surface area contributed by atoms with Gasteiger partial charge in [-0.3, -0.25) is 9.59 Å². The molecular weight excluding hydrogens is 520 g/mol. The van der Waals surface area contributed by atoms with E-state index in [0.717, 1.165) is 38.5 Å². The summed E-state index contributed by atoms with van der Waals surface area (Å²) in [6.45, 7) is 6.77. The van der Waals surface area contributed by atoms with Crippen LogP contribution in [0.5, 0.6) is 0 Å². The predicted molar refractivity (Wildman–Crippen MR) is 181 cm³/mol. The van der Waals surface area contributed by atoms with Crippen molar-refractivity contribution in [3.05, 3.63) is 0 Å². The Morgan fingerprint density at radius 1 is 0.357 bits per heavy atom. The summed E-state index contributed by atoms with van der Waals surface area (Å²) in [5, 5.41) is 0. The zero-order valence-electron chi connectivity index (χ0n) is 28.8. The molecule has 0 N–H and O–H groups in total. The first kappa shape index (κ1) is 40.9. The molecule has 0 unspecified atom stereocenters. The van der Waals surface area contributed by atoms with Gasteiger partial charge in [0.1, 0.15) is 0 Å². The van der Waals surface area contributed by atoms with Crippen LogP contribution in [0.25, 0.3) is 0 Å². The van der Waals surface area contributed by atoms with Crippen LogP contribution < -0.4 is 0 Å². The summed E-state index contributed by atoms with van der Waals surface area (Å²) in [6.07, 6.45) is 36.8. The molecule has 0 aromatic carbocycles. The van der Waals surface area contributed by atoms with Crippen molar-refractivity contribution in [3.8, 4) is 0 Å². The summed E-state index contributed by atoms with van der Waals surface area (Å²) in [4.78, 5) is 25.1. The number of ether oxygens (including phenoxy) is 2. The lowest BCUT2D eigenvalue weighted by Gasteiger charge is -2.18. The lowest BCUT2D eigenvalue weighted by atomic mass is 10.1. The molecule has 0 fully saturated rings. The topological polar surface area (TPSA) is 52.6 Å². The zero-order chi connectivity index (χ0) is 30.8. The number of carbonyl (C=O) groups excluding carboxylic acids is 2. The van der Waals surface area contributed by atoms with Crippen LogP contribution >= 0.6 is 0 Å². The van der Waals surface area contributed by atoms with Crippen molar-refractivity contribution in [1.82, 2.24) is 0 Å². The highest BCUT2D eigenvalue weighted by atomic mass is 16.7. The summed E-state index contributed by atoms with van der Waals surface area (Å²) in [5.41, 5.74) is 0. The second-order valence-corrected chi connectivity index (χ2v) is 12.9. The Hall–Kier alpha value is -1.06. The highest BCUT2D eigenvalue weighted by Gasteiger charge is 2.18. The third-order valence-corrected chi connectivity index (χ3v) is 8.54. The molecule has 0 saturated carbocycles. The Balaban J connectivity index is 4.19. The van der Waals surface area contributed by atoms with Gasteiger partial charge in [-0.25, -0.2) is 0 Å². The third-order valence-electron chi connectivity index (χ3n) is 8.54. The van der Waals surface area contributed by atoms with E-state index in [1.807, 2.05) is 0 Å². The fourth-order valence-electron chi connectivity index (χ4n) is 5.69. The molecule has 42 heavy (non-hydrogen) atoms. The number of unbranched alkanes of at least 4 members (excludes halogenated alkanes) is 26. The summed E-state index contributed by atoms with van der Waals surface area (Å²) in [5.74, 6) is -0.413. The van der Waals surface area contributed by atoms with E-state index in [4.69, 9.17) is 9.47 Å². The van der Waals surface area contributed by atoms with E-state index in [0.29, 0.717) is 19.3 Å². The molecule has 0 saturated heterocycles. The van der Waals surface area contributed by atoms with E-state index in [-0.39, 0.29) is 11.9 Å². The van der Waals surface area contributed by atoms with E-state index in [1.54, 1.807) is 0 Å². The van der Waals surface area contributed by atoms with Crippen molar-refractivity contribution < 1.29 is 19.1 Å². The van der Waals surface area contributed by atoms with Crippen molar-refractivity contribution in [2.24, 2.45) is 0 Å². The number of hydrogen-bond donors (Lipinski definition) is 0.